The van der Waals surface area contributed by atoms with Gasteiger partial charge < -0.3 is 14.5 Å². The number of anilines is 1. The van der Waals surface area contributed by atoms with Crippen molar-refractivity contribution in [2.45, 2.75) is 39.2 Å². The van der Waals surface area contributed by atoms with Crippen molar-refractivity contribution in [3.05, 3.63) is 53.7 Å². The predicted molar refractivity (Wildman–Crippen MR) is 111 cm³/mol. The Bertz CT molecular complexity index is 891. The summed E-state index contributed by atoms with van der Waals surface area (Å²) in [5.74, 6) is 0.473. The monoisotopic (exact) mass is 393 g/mol. The van der Waals surface area contributed by atoms with Gasteiger partial charge in [0.05, 0.1) is 5.92 Å². The predicted octanol–water partition coefficient (Wildman–Crippen LogP) is 3.12. The highest BCUT2D eigenvalue weighted by Crippen LogP contribution is 2.29. The van der Waals surface area contributed by atoms with Gasteiger partial charge in [0.2, 0.25) is 17.7 Å². The number of ether oxygens (including phenoxy) is 1. The van der Waals surface area contributed by atoms with Gasteiger partial charge >= 0.3 is 0 Å². The quantitative estimate of drug-likeness (QED) is 0.801. The smallest absolute Gasteiger partial charge is 0.228 e. The fraction of sp³-hybridized carbons (Fsp3) is 0.435. The van der Waals surface area contributed by atoms with E-state index in [0.29, 0.717) is 25.5 Å². The molecule has 2 saturated heterocycles. The van der Waals surface area contributed by atoms with Crippen LogP contribution in [0.3, 0.4) is 0 Å². The van der Waals surface area contributed by atoms with E-state index in [9.17, 15) is 9.59 Å². The van der Waals surface area contributed by atoms with E-state index in [0.717, 1.165) is 24.1 Å². The van der Waals surface area contributed by atoms with E-state index in [2.05, 4.69) is 11.9 Å². The van der Waals surface area contributed by atoms with Gasteiger partial charge in [-0.1, -0.05) is 12.1 Å². The van der Waals surface area contributed by atoms with E-state index < -0.39 is 0 Å². The summed E-state index contributed by atoms with van der Waals surface area (Å²) < 4.78 is 5.91. The molecule has 2 aliphatic rings. The SMILES string of the molecule is Cc1ccc(N2CC(C(=O)N3CCC(Oc4ccccn4)CC3)CC2=O)cc1C. The molecule has 0 spiro atoms. The number of likely N-dealkylation sites (tertiary alicyclic amines) is 1. The highest BCUT2D eigenvalue weighted by atomic mass is 16.5. The molecular weight excluding hydrogens is 366 g/mol. The van der Waals surface area contributed by atoms with Gasteiger partial charge in [0.1, 0.15) is 6.10 Å². The molecule has 29 heavy (non-hydrogen) atoms. The van der Waals surface area contributed by atoms with Gasteiger partial charge in [-0.2, -0.15) is 0 Å². The summed E-state index contributed by atoms with van der Waals surface area (Å²) in [6.45, 7) is 5.87. The molecule has 0 bridgehead atoms. The first-order chi connectivity index (χ1) is 14.0. The zero-order chi connectivity index (χ0) is 20.4. The molecule has 1 aromatic heterocycles. The van der Waals surface area contributed by atoms with Crippen LogP contribution in [0.2, 0.25) is 0 Å². The third-order valence-electron chi connectivity index (χ3n) is 5.96. The molecule has 152 valence electrons. The van der Waals surface area contributed by atoms with Crippen LogP contribution in [0.4, 0.5) is 5.69 Å². The van der Waals surface area contributed by atoms with Gasteiger partial charge in [-0.25, -0.2) is 4.98 Å². The number of aryl methyl sites for hydroxylation is 2. The number of carbonyl (C=O) groups excluding carboxylic acids is 2. The summed E-state index contributed by atoms with van der Waals surface area (Å²) in [6, 6.07) is 11.6. The fourth-order valence-corrected chi connectivity index (χ4v) is 4.06. The van der Waals surface area contributed by atoms with Gasteiger partial charge in [0, 0.05) is 56.8 Å². The van der Waals surface area contributed by atoms with Crippen molar-refractivity contribution in [2.24, 2.45) is 5.92 Å². The molecule has 1 aromatic carbocycles. The Kier molecular flexibility index (Phi) is 5.51. The molecule has 0 radical (unpaired) electrons. The summed E-state index contributed by atoms with van der Waals surface area (Å²) >= 11 is 0. The topological polar surface area (TPSA) is 62.7 Å². The zero-order valence-electron chi connectivity index (χ0n) is 17.0. The highest BCUT2D eigenvalue weighted by Gasteiger charge is 2.38. The lowest BCUT2D eigenvalue weighted by atomic mass is 10.0. The van der Waals surface area contributed by atoms with Gasteiger partial charge in [0.25, 0.3) is 0 Å². The van der Waals surface area contributed by atoms with Crippen molar-refractivity contribution >= 4 is 17.5 Å². The van der Waals surface area contributed by atoms with E-state index in [-0.39, 0.29) is 30.3 Å². The Hall–Kier alpha value is -2.89. The molecule has 2 aliphatic heterocycles. The van der Waals surface area contributed by atoms with E-state index in [1.54, 1.807) is 11.1 Å². The molecular formula is C23H27N3O3. The minimum atomic E-state index is -0.266. The first-order valence-corrected chi connectivity index (χ1v) is 10.3. The van der Waals surface area contributed by atoms with Crippen LogP contribution < -0.4 is 9.64 Å². The zero-order valence-corrected chi connectivity index (χ0v) is 17.0. The number of rotatable bonds is 4. The number of piperidine rings is 1. The van der Waals surface area contributed by atoms with E-state index in [1.165, 1.54) is 5.56 Å². The molecule has 2 aromatic rings. The number of pyridine rings is 1. The van der Waals surface area contributed by atoms with Crippen molar-refractivity contribution in [3.63, 3.8) is 0 Å². The summed E-state index contributed by atoms with van der Waals surface area (Å²) in [7, 11) is 0. The lowest BCUT2D eigenvalue weighted by Gasteiger charge is -2.33. The normalized spacial score (nSPS) is 20.2. The number of carbonyl (C=O) groups is 2. The first kappa shape index (κ1) is 19.4. The molecule has 2 fully saturated rings. The molecule has 4 rings (SSSR count). The molecule has 2 amide bonds. The number of hydrogen-bond acceptors (Lipinski definition) is 4. The summed E-state index contributed by atoms with van der Waals surface area (Å²) in [5.41, 5.74) is 3.24. The lowest BCUT2D eigenvalue weighted by molar-refractivity contribution is -0.137. The molecule has 3 heterocycles. The maximum atomic E-state index is 13.0. The van der Waals surface area contributed by atoms with Crippen LogP contribution in [0.5, 0.6) is 5.88 Å². The van der Waals surface area contributed by atoms with Crippen molar-refractivity contribution in [1.29, 1.82) is 0 Å². The van der Waals surface area contributed by atoms with Gasteiger partial charge in [-0.3, -0.25) is 9.59 Å². The Labute approximate surface area is 171 Å². The summed E-state index contributed by atoms with van der Waals surface area (Å²) in [4.78, 5) is 33.4. The molecule has 0 N–H and O–H groups in total. The fourth-order valence-electron chi connectivity index (χ4n) is 4.06. The maximum absolute atomic E-state index is 13.0. The van der Waals surface area contributed by atoms with Crippen LogP contribution in [0.15, 0.2) is 42.6 Å². The van der Waals surface area contributed by atoms with Crippen LogP contribution >= 0.6 is 0 Å². The van der Waals surface area contributed by atoms with Crippen LogP contribution in [0, 0.1) is 19.8 Å². The summed E-state index contributed by atoms with van der Waals surface area (Å²) in [5, 5.41) is 0. The number of benzene rings is 1. The molecule has 1 unspecified atom stereocenters. The van der Waals surface area contributed by atoms with Crippen LogP contribution in [0.25, 0.3) is 0 Å². The lowest BCUT2D eigenvalue weighted by Crippen LogP contribution is -2.45. The van der Waals surface area contributed by atoms with Gasteiger partial charge in [-0.15, -0.1) is 0 Å². The second-order valence-corrected chi connectivity index (χ2v) is 7.98. The van der Waals surface area contributed by atoms with Crippen molar-refractivity contribution in [1.82, 2.24) is 9.88 Å². The van der Waals surface area contributed by atoms with E-state index in [4.69, 9.17) is 4.74 Å². The molecule has 0 saturated carbocycles. The third-order valence-corrected chi connectivity index (χ3v) is 5.96. The average molecular weight is 393 g/mol. The van der Waals surface area contributed by atoms with Crippen LogP contribution in [0.1, 0.15) is 30.4 Å². The standard InChI is InChI=1S/C23H27N3O3/c1-16-6-7-19(13-17(16)2)26-15-18(14-22(26)27)23(28)25-11-8-20(9-12-25)29-21-5-3-4-10-24-21/h3-7,10,13,18,20H,8-9,11-12,14-15H2,1-2H3. The molecule has 6 heteroatoms. The van der Waals surface area contributed by atoms with E-state index in [1.807, 2.05) is 48.2 Å². The van der Waals surface area contributed by atoms with E-state index >= 15 is 0 Å². The Balaban J connectivity index is 1.33. The summed E-state index contributed by atoms with van der Waals surface area (Å²) in [6.07, 6.45) is 3.64. The first-order valence-electron chi connectivity index (χ1n) is 10.3. The van der Waals surface area contributed by atoms with Gasteiger partial charge in [-0.05, 0) is 43.2 Å². The Morgan fingerprint density at radius 1 is 1.10 bits per heavy atom. The maximum Gasteiger partial charge on any atom is 0.228 e. The highest BCUT2D eigenvalue weighted by molar-refractivity contribution is 6.00. The second-order valence-electron chi connectivity index (χ2n) is 7.98. The molecule has 6 nitrogen and oxygen atoms in total. The minimum absolute atomic E-state index is 0.0278. The largest absolute Gasteiger partial charge is 0.474 e. The van der Waals surface area contributed by atoms with Crippen LogP contribution in [-0.2, 0) is 9.59 Å². The number of hydrogen-bond donors (Lipinski definition) is 0. The molecule has 0 aliphatic carbocycles. The van der Waals surface area contributed by atoms with Crippen molar-refractivity contribution in [2.75, 3.05) is 24.5 Å². The average Bonchev–Trinajstić information content (AvgIpc) is 3.12. The Morgan fingerprint density at radius 3 is 2.59 bits per heavy atom. The van der Waals surface area contributed by atoms with Crippen molar-refractivity contribution in [3.8, 4) is 5.88 Å². The molecule has 1 atom stereocenters. The minimum Gasteiger partial charge on any atom is -0.474 e. The number of aromatic nitrogens is 1. The Morgan fingerprint density at radius 2 is 1.90 bits per heavy atom. The second kappa shape index (κ2) is 8.23. The number of amides is 2. The van der Waals surface area contributed by atoms with Gasteiger partial charge in [0.15, 0.2) is 0 Å². The van der Waals surface area contributed by atoms with Crippen molar-refractivity contribution < 1.29 is 14.3 Å². The number of nitrogens with zero attached hydrogens (tertiary/aromatic N) is 3. The van der Waals surface area contributed by atoms with Crippen LogP contribution in [-0.4, -0.2) is 47.4 Å². The third kappa shape index (κ3) is 4.26.